The lowest BCUT2D eigenvalue weighted by atomic mass is 9.94. The van der Waals surface area contributed by atoms with Gasteiger partial charge in [0.25, 0.3) is 5.91 Å². The van der Waals surface area contributed by atoms with Crippen LogP contribution in [0.1, 0.15) is 59.3 Å². The van der Waals surface area contributed by atoms with Gasteiger partial charge in [-0.3, -0.25) is 4.79 Å². The summed E-state index contributed by atoms with van der Waals surface area (Å²) in [6.45, 7) is 3.53. The highest BCUT2D eigenvalue weighted by Gasteiger charge is 2.27. The number of carboxylic acids is 1. The third-order valence-electron chi connectivity index (χ3n) is 5.30. The largest absolute Gasteiger partial charge is 0.484 e. The van der Waals surface area contributed by atoms with E-state index < -0.39 is 17.9 Å². The van der Waals surface area contributed by atoms with Crippen LogP contribution in [0, 0.1) is 6.92 Å². The third-order valence-corrected chi connectivity index (χ3v) is 5.30. The van der Waals surface area contributed by atoms with Crippen LogP contribution < -0.4 is 10.1 Å². The molecule has 164 valence electrons. The first-order valence-electron chi connectivity index (χ1n) is 10.4. The Morgan fingerprint density at radius 1 is 1.26 bits per heavy atom. The zero-order valence-corrected chi connectivity index (χ0v) is 17.7. The van der Waals surface area contributed by atoms with Crippen molar-refractivity contribution in [1.82, 2.24) is 5.32 Å². The fourth-order valence-electron chi connectivity index (χ4n) is 3.60. The predicted octanol–water partition coefficient (Wildman–Crippen LogP) is 3.59. The summed E-state index contributed by atoms with van der Waals surface area (Å²) in [6, 6.07) is 11.9. The number of esters is 1. The van der Waals surface area contributed by atoms with E-state index >= 15 is 0 Å². The number of hydrogen-bond acceptors (Lipinski definition) is 5. The monoisotopic (exact) mass is 425 g/mol. The van der Waals surface area contributed by atoms with Crippen LogP contribution in [0.15, 0.2) is 42.5 Å². The van der Waals surface area contributed by atoms with Gasteiger partial charge in [-0.15, -0.1) is 0 Å². The Kier molecular flexibility index (Phi) is 7.28. The van der Waals surface area contributed by atoms with E-state index in [1.54, 1.807) is 12.1 Å². The number of rotatable bonds is 9. The minimum Gasteiger partial charge on any atom is -0.484 e. The van der Waals surface area contributed by atoms with Gasteiger partial charge in [-0.2, -0.15) is 0 Å². The Hall–Kier alpha value is -3.35. The number of carboxylic acid groups (broad SMARTS) is 1. The Labute approximate surface area is 181 Å². The molecule has 2 aromatic carbocycles. The molecule has 7 heteroatoms. The molecule has 1 amide bonds. The zero-order chi connectivity index (χ0) is 22.4. The van der Waals surface area contributed by atoms with E-state index in [0.717, 1.165) is 29.5 Å². The first-order valence-corrected chi connectivity index (χ1v) is 10.4. The molecule has 2 aromatic rings. The smallest absolute Gasteiger partial charge is 0.339 e. The number of nitrogens with one attached hydrogen (secondary N) is 1. The van der Waals surface area contributed by atoms with Crippen molar-refractivity contribution in [3.8, 4) is 5.75 Å². The quantitative estimate of drug-likeness (QED) is 0.596. The number of unbranched alkanes of at least 4 members (excludes halogenated alkanes) is 1. The molecule has 0 radical (unpaired) electrons. The van der Waals surface area contributed by atoms with Gasteiger partial charge in [0.15, 0.2) is 6.61 Å². The van der Waals surface area contributed by atoms with Gasteiger partial charge in [-0.25, -0.2) is 9.59 Å². The highest BCUT2D eigenvalue weighted by atomic mass is 16.5. The Bertz CT molecular complexity index is 970. The van der Waals surface area contributed by atoms with Gasteiger partial charge in [0.2, 0.25) is 0 Å². The van der Waals surface area contributed by atoms with Crippen LogP contribution in [-0.4, -0.2) is 35.6 Å². The number of ether oxygens (including phenoxy) is 2. The molecule has 0 saturated carbocycles. The number of aliphatic carboxylic acids is 1. The molecule has 7 nitrogen and oxygen atoms in total. The second-order valence-corrected chi connectivity index (χ2v) is 7.67. The molecule has 0 aromatic heterocycles. The summed E-state index contributed by atoms with van der Waals surface area (Å²) in [5.41, 5.74) is 3.19. The molecule has 0 bridgehead atoms. The van der Waals surface area contributed by atoms with Crippen LogP contribution in [0.3, 0.4) is 0 Å². The van der Waals surface area contributed by atoms with Crippen molar-refractivity contribution in [3.05, 3.63) is 64.7 Å². The maximum Gasteiger partial charge on any atom is 0.339 e. The van der Waals surface area contributed by atoms with E-state index in [9.17, 15) is 19.5 Å². The van der Waals surface area contributed by atoms with E-state index in [1.807, 2.05) is 44.2 Å². The lowest BCUT2D eigenvalue weighted by molar-refractivity contribution is -0.142. The van der Waals surface area contributed by atoms with Crippen molar-refractivity contribution >= 4 is 17.8 Å². The van der Waals surface area contributed by atoms with Crippen molar-refractivity contribution in [2.45, 2.75) is 51.7 Å². The number of carbonyl (C=O) groups is 3. The fraction of sp³-hybridized carbons (Fsp3) is 0.375. The first-order chi connectivity index (χ1) is 14.9. The van der Waals surface area contributed by atoms with Crippen molar-refractivity contribution in [1.29, 1.82) is 0 Å². The fourth-order valence-corrected chi connectivity index (χ4v) is 3.60. The number of carbonyl (C=O) groups excluding carboxylic acids is 2. The number of fused-ring (bicyclic) bond motifs is 1. The van der Waals surface area contributed by atoms with Crippen molar-refractivity contribution in [2.24, 2.45) is 0 Å². The van der Waals surface area contributed by atoms with Crippen LogP contribution in [0.5, 0.6) is 5.75 Å². The molecule has 1 aliphatic heterocycles. The highest BCUT2D eigenvalue weighted by molar-refractivity contribution is 5.92. The van der Waals surface area contributed by atoms with E-state index in [1.165, 1.54) is 0 Å². The standard InChI is InChI=1S/C24H27NO6/c1-3-4-9-19(23(27)28)25-22(26)14-30-20-11-10-17(12-15(20)2)21-13-16-7-5-6-8-18(16)24(29)31-21/h5-8,10-12,19,21H,3-4,9,13-14H2,1-2H3,(H,25,26)(H,27,28)/t19-,21-/m1/s1. The van der Waals surface area contributed by atoms with Crippen LogP contribution >= 0.6 is 0 Å². The van der Waals surface area contributed by atoms with Gasteiger partial charge in [0.05, 0.1) is 5.56 Å². The molecule has 0 spiro atoms. The van der Waals surface area contributed by atoms with Crippen LogP contribution in [0.4, 0.5) is 0 Å². The second-order valence-electron chi connectivity index (χ2n) is 7.67. The minimum absolute atomic E-state index is 0.276. The lowest BCUT2D eigenvalue weighted by Crippen LogP contribution is -2.42. The molecule has 3 rings (SSSR count). The molecular formula is C24H27NO6. The molecule has 1 aliphatic rings. The summed E-state index contributed by atoms with van der Waals surface area (Å²) >= 11 is 0. The van der Waals surface area contributed by atoms with Crippen LogP contribution in [-0.2, 0) is 20.7 Å². The maximum atomic E-state index is 12.3. The number of benzene rings is 2. The second kappa shape index (κ2) is 10.1. The average Bonchev–Trinajstić information content (AvgIpc) is 2.75. The van der Waals surface area contributed by atoms with E-state index in [0.29, 0.717) is 24.2 Å². The summed E-state index contributed by atoms with van der Waals surface area (Å²) in [4.78, 5) is 35.6. The molecule has 0 fully saturated rings. The van der Waals surface area contributed by atoms with Crippen molar-refractivity contribution < 1.29 is 29.0 Å². The number of amides is 1. The van der Waals surface area contributed by atoms with Gasteiger partial charge in [-0.1, -0.05) is 44.0 Å². The molecule has 2 N–H and O–H groups in total. The first kappa shape index (κ1) is 22.3. The molecule has 0 aliphatic carbocycles. The molecule has 1 heterocycles. The summed E-state index contributed by atoms with van der Waals surface area (Å²) in [5, 5.41) is 11.7. The number of cyclic esters (lactones) is 1. The lowest BCUT2D eigenvalue weighted by Gasteiger charge is -2.25. The number of aryl methyl sites for hydroxylation is 1. The van der Waals surface area contributed by atoms with E-state index in [-0.39, 0.29) is 18.7 Å². The van der Waals surface area contributed by atoms with Gasteiger partial charge in [0, 0.05) is 6.42 Å². The van der Waals surface area contributed by atoms with Gasteiger partial charge < -0.3 is 19.9 Å². The zero-order valence-electron chi connectivity index (χ0n) is 17.7. The van der Waals surface area contributed by atoms with Crippen LogP contribution in [0.25, 0.3) is 0 Å². The Morgan fingerprint density at radius 2 is 2.03 bits per heavy atom. The normalized spacial score (nSPS) is 16.1. The Morgan fingerprint density at radius 3 is 2.74 bits per heavy atom. The molecule has 2 atom stereocenters. The minimum atomic E-state index is -1.05. The molecule has 0 unspecified atom stereocenters. The molecule has 31 heavy (non-hydrogen) atoms. The topological polar surface area (TPSA) is 102 Å². The van der Waals surface area contributed by atoms with Gasteiger partial charge in [-0.05, 0) is 48.2 Å². The van der Waals surface area contributed by atoms with Crippen molar-refractivity contribution in [2.75, 3.05) is 6.61 Å². The highest BCUT2D eigenvalue weighted by Crippen LogP contribution is 2.32. The third kappa shape index (κ3) is 5.63. The molecule has 0 saturated heterocycles. The maximum absolute atomic E-state index is 12.3. The Balaban J connectivity index is 1.60. The summed E-state index contributed by atoms with van der Waals surface area (Å²) in [5.74, 6) is -1.35. The summed E-state index contributed by atoms with van der Waals surface area (Å²) in [6.07, 6.45) is 2.17. The van der Waals surface area contributed by atoms with Gasteiger partial charge in [0.1, 0.15) is 17.9 Å². The summed E-state index contributed by atoms with van der Waals surface area (Å²) < 4.78 is 11.2. The predicted molar refractivity (Wildman–Crippen MR) is 114 cm³/mol. The van der Waals surface area contributed by atoms with Crippen molar-refractivity contribution in [3.63, 3.8) is 0 Å². The summed E-state index contributed by atoms with van der Waals surface area (Å²) in [7, 11) is 0. The SMILES string of the molecule is CCCC[C@@H](NC(=O)COc1ccc([C@H]2Cc3ccccc3C(=O)O2)cc1C)C(=O)O. The average molecular weight is 425 g/mol. The number of hydrogen-bond donors (Lipinski definition) is 2. The molecular weight excluding hydrogens is 398 g/mol. The van der Waals surface area contributed by atoms with E-state index in [4.69, 9.17) is 9.47 Å². The van der Waals surface area contributed by atoms with E-state index in [2.05, 4.69) is 5.32 Å². The van der Waals surface area contributed by atoms with Gasteiger partial charge >= 0.3 is 11.9 Å². The van der Waals surface area contributed by atoms with Crippen LogP contribution in [0.2, 0.25) is 0 Å².